The van der Waals surface area contributed by atoms with E-state index in [1.807, 2.05) is 91.9 Å². The number of aliphatic imine (C=N–C) groups is 1. The molecule has 4 aromatic rings. The van der Waals surface area contributed by atoms with Crippen molar-refractivity contribution in [2.45, 2.75) is 17.9 Å². The maximum atomic E-state index is 14.0. The van der Waals surface area contributed by atoms with Gasteiger partial charge in [-0.2, -0.15) is 0 Å². The first-order valence-electron chi connectivity index (χ1n) is 10.8. The van der Waals surface area contributed by atoms with E-state index >= 15 is 0 Å². The minimum Gasteiger partial charge on any atom is -0.265 e. The Kier molecular flexibility index (Phi) is 5.35. The van der Waals surface area contributed by atoms with Crippen LogP contribution in [0.1, 0.15) is 16.7 Å². The molecule has 33 heavy (non-hydrogen) atoms. The lowest BCUT2D eigenvalue weighted by atomic mass is 10.00. The van der Waals surface area contributed by atoms with E-state index in [0.29, 0.717) is 12.4 Å². The highest BCUT2D eigenvalue weighted by Gasteiger charge is 2.40. The van der Waals surface area contributed by atoms with E-state index in [9.17, 15) is 8.42 Å². The largest absolute Gasteiger partial charge is 0.266 e. The van der Waals surface area contributed by atoms with Crippen molar-refractivity contribution < 1.29 is 8.42 Å². The summed E-state index contributed by atoms with van der Waals surface area (Å²) >= 11 is 0. The van der Waals surface area contributed by atoms with E-state index in [2.05, 4.69) is 6.58 Å². The fourth-order valence-corrected chi connectivity index (χ4v) is 5.91. The van der Waals surface area contributed by atoms with Gasteiger partial charge < -0.3 is 0 Å². The van der Waals surface area contributed by atoms with E-state index in [0.717, 1.165) is 33.0 Å². The zero-order valence-corrected chi connectivity index (χ0v) is 19.2. The summed E-state index contributed by atoms with van der Waals surface area (Å²) in [5.74, 6) is 0.453. The molecule has 0 saturated heterocycles. The van der Waals surface area contributed by atoms with Gasteiger partial charge in [-0.05, 0) is 41.0 Å². The highest BCUT2D eigenvalue weighted by atomic mass is 32.2. The number of aryl methyl sites for hydroxylation is 1. The van der Waals surface area contributed by atoms with Crippen molar-refractivity contribution in [3.8, 4) is 0 Å². The van der Waals surface area contributed by atoms with Gasteiger partial charge in [-0.25, -0.2) is 12.7 Å². The Morgan fingerprint density at radius 2 is 1.55 bits per heavy atom. The molecular formula is C28H24N2O2S. The van der Waals surface area contributed by atoms with Crippen LogP contribution in [0.5, 0.6) is 0 Å². The van der Waals surface area contributed by atoms with Crippen molar-refractivity contribution in [3.63, 3.8) is 0 Å². The van der Waals surface area contributed by atoms with Gasteiger partial charge in [0, 0.05) is 5.56 Å². The topological polar surface area (TPSA) is 49.7 Å². The molecule has 4 nitrogen and oxygen atoms in total. The molecule has 5 heteroatoms. The number of sulfonamides is 1. The molecule has 5 rings (SSSR count). The Morgan fingerprint density at radius 3 is 2.30 bits per heavy atom. The van der Waals surface area contributed by atoms with Crippen LogP contribution >= 0.6 is 0 Å². The molecule has 0 saturated carbocycles. The fourth-order valence-electron chi connectivity index (χ4n) is 4.29. The molecule has 1 heterocycles. The van der Waals surface area contributed by atoms with E-state index in [4.69, 9.17) is 4.99 Å². The Morgan fingerprint density at radius 1 is 0.879 bits per heavy atom. The summed E-state index contributed by atoms with van der Waals surface area (Å²) in [7, 11) is -3.88. The summed E-state index contributed by atoms with van der Waals surface area (Å²) in [6.07, 6.45) is 0. The molecule has 0 radical (unpaired) electrons. The first-order valence-corrected chi connectivity index (χ1v) is 12.3. The number of rotatable bonds is 5. The third kappa shape index (κ3) is 3.74. The smallest absolute Gasteiger partial charge is 0.265 e. The van der Waals surface area contributed by atoms with Crippen LogP contribution in [0.4, 0.5) is 0 Å². The van der Waals surface area contributed by atoms with Crippen molar-refractivity contribution >= 4 is 32.2 Å². The number of hydrogen-bond acceptors (Lipinski definition) is 3. The van der Waals surface area contributed by atoms with Crippen LogP contribution in [0, 0.1) is 6.92 Å². The maximum Gasteiger partial charge on any atom is 0.266 e. The Balaban J connectivity index is 1.67. The van der Waals surface area contributed by atoms with Crippen LogP contribution < -0.4 is 0 Å². The van der Waals surface area contributed by atoms with Gasteiger partial charge in [-0.3, -0.25) is 4.99 Å². The lowest BCUT2D eigenvalue weighted by molar-refractivity contribution is 0.509. The Bertz CT molecular complexity index is 1470. The molecule has 1 aliphatic rings. The molecule has 1 atom stereocenters. The molecule has 0 fully saturated rings. The first kappa shape index (κ1) is 21.2. The van der Waals surface area contributed by atoms with Gasteiger partial charge in [0.2, 0.25) is 0 Å². The van der Waals surface area contributed by atoms with Crippen molar-refractivity contribution in [3.05, 3.63) is 120 Å². The van der Waals surface area contributed by atoms with Crippen LogP contribution in [-0.2, 0) is 10.0 Å². The quantitative estimate of drug-likeness (QED) is 0.391. The Labute approximate surface area is 194 Å². The van der Waals surface area contributed by atoms with Crippen molar-refractivity contribution in [1.29, 1.82) is 0 Å². The van der Waals surface area contributed by atoms with Crippen LogP contribution in [-0.4, -0.2) is 31.1 Å². The van der Waals surface area contributed by atoms with E-state index in [1.165, 1.54) is 4.31 Å². The standard InChI is InChI=1S/C28H24N2O2S/c1-20-15-17-24(18-16-20)33(31,32)30-27(21(2)22-9-4-3-5-10-22)19-29-28(30)26-14-8-12-23-11-6-7-13-25(23)26/h3-18,27H,2,19H2,1H3. The summed E-state index contributed by atoms with van der Waals surface area (Å²) in [6, 6.07) is 30.0. The molecule has 0 N–H and O–H groups in total. The number of fused-ring (bicyclic) bond motifs is 1. The van der Waals surface area contributed by atoms with Gasteiger partial charge in [-0.1, -0.05) is 97.1 Å². The van der Waals surface area contributed by atoms with Gasteiger partial charge in [0.05, 0.1) is 17.5 Å². The van der Waals surface area contributed by atoms with Gasteiger partial charge in [0.1, 0.15) is 5.84 Å². The second-order valence-electron chi connectivity index (χ2n) is 8.21. The zero-order valence-electron chi connectivity index (χ0n) is 18.3. The summed E-state index contributed by atoms with van der Waals surface area (Å²) < 4.78 is 29.5. The highest BCUT2D eigenvalue weighted by Crippen LogP contribution is 2.34. The van der Waals surface area contributed by atoms with Gasteiger partial charge in [-0.15, -0.1) is 0 Å². The third-order valence-electron chi connectivity index (χ3n) is 6.06. The SMILES string of the molecule is C=C(c1ccccc1)C1CN=C(c2cccc3ccccc23)N1S(=O)(=O)c1ccc(C)cc1. The van der Waals surface area contributed by atoms with E-state index < -0.39 is 16.1 Å². The van der Waals surface area contributed by atoms with Crippen LogP contribution in [0.3, 0.4) is 0 Å². The number of hydrogen-bond donors (Lipinski definition) is 0. The zero-order chi connectivity index (χ0) is 23.0. The minimum absolute atomic E-state index is 0.244. The molecule has 1 unspecified atom stereocenters. The molecule has 0 aromatic heterocycles. The third-order valence-corrected chi connectivity index (χ3v) is 7.87. The lowest BCUT2D eigenvalue weighted by Gasteiger charge is -2.29. The second-order valence-corrected chi connectivity index (χ2v) is 10.0. The molecule has 0 amide bonds. The predicted molar refractivity (Wildman–Crippen MR) is 135 cm³/mol. The number of nitrogens with zero attached hydrogens (tertiary/aromatic N) is 2. The molecular weight excluding hydrogens is 428 g/mol. The Hall–Kier alpha value is -3.70. The predicted octanol–water partition coefficient (Wildman–Crippen LogP) is 5.68. The van der Waals surface area contributed by atoms with Crippen molar-refractivity contribution in [2.75, 3.05) is 6.54 Å². The molecule has 1 aliphatic heterocycles. The first-order chi connectivity index (χ1) is 16.0. The summed E-state index contributed by atoms with van der Waals surface area (Å²) in [4.78, 5) is 5.02. The minimum atomic E-state index is -3.88. The van der Waals surface area contributed by atoms with Crippen LogP contribution in [0.15, 0.2) is 114 Å². The highest BCUT2D eigenvalue weighted by molar-refractivity contribution is 7.89. The van der Waals surface area contributed by atoms with Crippen LogP contribution in [0.25, 0.3) is 16.3 Å². The summed E-state index contributed by atoms with van der Waals surface area (Å²) in [5, 5.41) is 2.00. The molecule has 164 valence electrons. The van der Waals surface area contributed by atoms with Crippen molar-refractivity contribution in [1.82, 2.24) is 4.31 Å². The summed E-state index contributed by atoms with van der Waals surface area (Å²) in [6.45, 7) is 6.55. The second kappa shape index (κ2) is 8.34. The normalized spacial score (nSPS) is 16.1. The molecule has 0 aliphatic carbocycles. The average Bonchev–Trinajstić information content (AvgIpc) is 3.30. The maximum absolute atomic E-state index is 14.0. The molecule has 4 aromatic carbocycles. The van der Waals surface area contributed by atoms with Gasteiger partial charge in [0.15, 0.2) is 0 Å². The number of benzene rings is 4. The monoisotopic (exact) mass is 452 g/mol. The van der Waals surface area contributed by atoms with Crippen molar-refractivity contribution in [2.24, 2.45) is 4.99 Å². The molecule has 0 bridgehead atoms. The fraction of sp³-hybridized carbons (Fsp3) is 0.107. The molecule has 0 spiro atoms. The van der Waals surface area contributed by atoms with E-state index in [1.54, 1.807) is 12.1 Å². The number of amidine groups is 1. The van der Waals surface area contributed by atoms with Crippen LogP contribution in [0.2, 0.25) is 0 Å². The van der Waals surface area contributed by atoms with Gasteiger partial charge >= 0.3 is 0 Å². The summed E-state index contributed by atoms with van der Waals surface area (Å²) in [5.41, 5.74) is 3.43. The van der Waals surface area contributed by atoms with E-state index in [-0.39, 0.29) is 4.90 Å². The van der Waals surface area contributed by atoms with Gasteiger partial charge in [0.25, 0.3) is 10.0 Å². The lowest BCUT2D eigenvalue weighted by Crippen LogP contribution is -2.42. The average molecular weight is 453 g/mol.